The molecule has 0 unspecified atom stereocenters. The molecule has 0 spiro atoms. The minimum atomic E-state index is 0.822. The quantitative estimate of drug-likeness (QED) is 0.212. The lowest BCUT2D eigenvalue weighted by Gasteiger charge is -1.91. The molecule has 5 rings (SSSR count). The van der Waals surface area contributed by atoms with Crippen molar-refractivity contribution in [1.29, 1.82) is 0 Å². The third kappa shape index (κ3) is 10.5. The second kappa shape index (κ2) is 15.0. The van der Waals surface area contributed by atoms with Gasteiger partial charge in [0.05, 0.1) is 22.7 Å². The van der Waals surface area contributed by atoms with E-state index in [0.29, 0.717) is 0 Å². The number of para-hydroxylation sites is 1. The van der Waals surface area contributed by atoms with Crippen molar-refractivity contribution in [1.82, 2.24) is 0 Å². The summed E-state index contributed by atoms with van der Waals surface area (Å²) in [6, 6.07) is 48.3. The van der Waals surface area contributed by atoms with Gasteiger partial charge in [0.25, 0.3) is 0 Å². The van der Waals surface area contributed by atoms with Crippen molar-refractivity contribution in [3.63, 3.8) is 0 Å². The number of anilines is 1. The Kier molecular flexibility index (Phi) is 10.6. The van der Waals surface area contributed by atoms with Gasteiger partial charge >= 0.3 is 0 Å². The molecule has 35 heavy (non-hydrogen) atoms. The lowest BCUT2D eigenvalue weighted by atomic mass is 10.3. The number of benzene rings is 5. The van der Waals surface area contributed by atoms with Crippen molar-refractivity contribution in [3.05, 3.63) is 152 Å². The van der Waals surface area contributed by atoms with E-state index in [-0.39, 0.29) is 0 Å². The van der Waals surface area contributed by atoms with Gasteiger partial charge in [-0.2, -0.15) is 20.5 Å². The van der Waals surface area contributed by atoms with Gasteiger partial charge in [-0.15, -0.1) is 0 Å². The largest absolute Gasteiger partial charge is 0.399 e. The molecule has 2 N–H and O–H groups in total. The highest BCUT2D eigenvalue weighted by Gasteiger charge is 1.88. The van der Waals surface area contributed by atoms with E-state index in [1.54, 1.807) is 0 Å². The van der Waals surface area contributed by atoms with E-state index < -0.39 is 0 Å². The van der Waals surface area contributed by atoms with Crippen LogP contribution < -0.4 is 5.73 Å². The maximum Gasteiger partial charge on any atom is 0.0857 e. The van der Waals surface area contributed by atoms with Crippen LogP contribution in [0.1, 0.15) is 0 Å². The Labute approximate surface area is 206 Å². The Hall–Kier alpha value is -4.90. The summed E-state index contributed by atoms with van der Waals surface area (Å²) in [5, 5.41) is 16.4. The van der Waals surface area contributed by atoms with Crippen LogP contribution in [0.25, 0.3) is 0 Å². The van der Waals surface area contributed by atoms with Crippen molar-refractivity contribution >= 4 is 28.4 Å². The summed E-state index contributed by atoms with van der Waals surface area (Å²) in [4.78, 5) is 0. The van der Waals surface area contributed by atoms with Crippen LogP contribution in [0.3, 0.4) is 0 Å². The maximum atomic E-state index is 5.36. The van der Waals surface area contributed by atoms with E-state index in [1.807, 2.05) is 152 Å². The van der Waals surface area contributed by atoms with Crippen LogP contribution in [0.2, 0.25) is 0 Å². The Morgan fingerprint density at radius 1 is 0.286 bits per heavy atom. The summed E-state index contributed by atoms with van der Waals surface area (Å²) >= 11 is 0. The number of rotatable bonds is 4. The summed E-state index contributed by atoms with van der Waals surface area (Å²) < 4.78 is 0. The van der Waals surface area contributed by atoms with Gasteiger partial charge in [0, 0.05) is 5.69 Å². The van der Waals surface area contributed by atoms with Crippen molar-refractivity contribution in [2.45, 2.75) is 0 Å². The molecule has 5 aromatic rings. The number of hydrogen-bond acceptors (Lipinski definition) is 5. The maximum absolute atomic E-state index is 5.36. The first-order valence-corrected chi connectivity index (χ1v) is 11.1. The van der Waals surface area contributed by atoms with Gasteiger partial charge in [0.15, 0.2) is 0 Å². The molecule has 5 nitrogen and oxygen atoms in total. The van der Waals surface area contributed by atoms with Gasteiger partial charge in [-0.3, -0.25) is 0 Å². The fourth-order valence-electron chi connectivity index (χ4n) is 2.66. The minimum absolute atomic E-state index is 0.822. The SMILES string of the molecule is Nc1ccccc1.c1ccc(N=Nc2ccccc2)cc1.c1ccc(N=Nc2ccccc2)cc1. The summed E-state index contributed by atoms with van der Waals surface area (Å²) in [6.07, 6.45) is 0. The molecule has 5 heteroatoms. The van der Waals surface area contributed by atoms with Gasteiger partial charge in [-0.05, 0) is 60.7 Å². The normalized spacial score (nSPS) is 10.2. The van der Waals surface area contributed by atoms with Crippen molar-refractivity contribution in [3.8, 4) is 0 Å². The first-order valence-electron chi connectivity index (χ1n) is 11.1. The molecule has 0 heterocycles. The van der Waals surface area contributed by atoms with Crippen LogP contribution in [0.4, 0.5) is 28.4 Å². The Morgan fingerprint density at radius 2 is 0.486 bits per heavy atom. The molecule has 0 atom stereocenters. The predicted molar refractivity (Wildman–Crippen MR) is 145 cm³/mol. The zero-order chi connectivity index (χ0) is 24.4. The second-order valence-corrected chi connectivity index (χ2v) is 7.15. The average molecular weight is 458 g/mol. The van der Waals surface area contributed by atoms with Crippen LogP contribution in [0.15, 0.2) is 172 Å². The molecule has 0 saturated heterocycles. The molecule has 0 radical (unpaired) electrons. The van der Waals surface area contributed by atoms with Crippen molar-refractivity contribution in [2.75, 3.05) is 5.73 Å². The molecule has 0 aromatic heterocycles. The van der Waals surface area contributed by atoms with Crippen LogP contribution in [-0.2, 0) is 0 Å². The zero-order valence-electron chi connectivity index (χ0n) is 19.3. The van der Waals surface area contributed by atoms with Gasteiger partial charge in [0.2, 0.25) is 0 Å². The van der Waals surface area contributed by atoms with E-state index in [9.17, 15) is 0 Å². The van der Waals surface area contributed by atoms with Crippen molar-refractivity contribution in [2.24, 2.45) is 20.5 Å². The molecular formula is C30H27N5. The van der Waals surface area contributed by atoms with Crippen LogP contribution in [-0.4, -0.2) is 0 Å². The summed E-state index contributed by atoms with van der Waals surface area (Å²) in [7, 11) is 0. The summed E-state index contributed by atoms with van der Waals surface area (Å²) in [6.45, 7) is 0. The number of nitrogens with two attached hydrogens (primary N) is 1. The lowest BCUT2D eigenvalue weighted by Crippen LogP contribution is -1.79. The standard InChI is InChI=1S/2C12H10N2.C6H7N/c2*1-3-7-11(8-4-1)13-14-12-9-5-2-6-10-12;7-6-4-2-1-3-5-6/h2*1-10H;1-5H,7H2. The van der Waals surface area contributed by atoms with Crippen LogP contribution in [0.5, 0.6) is 0 Å². The predicted octanol–water partition coefficient (Wildman–Crippen LogP) is 9.47. The van der Waals surface area contributed by atoms with E-state index in [0.717, 1.165) is 28.4 Å². The fraction of sp³-hybridized carbons (Fsp3) is 0. The highest BCUT2D eigenvalue weighted by Crippen LogP contribution is 2.17. The van der Waals surface area contributed by atoms with E-state index in [1.165, 1.54) is 0 Å². The molecule has 0 aliphatic rings. The molecule has 5 aromatic carbocycles. The second-order valence-electron chi connectivity index (χ2n) is 7.15. The Morgan fingerprint density at radius 3 is 0.657 bits per heavy atom. The van der Waals surface area contributed by atoms with Gasteiger partial charge in [0.1, 0.15) is 0 Å². The number of nitrogen functional groups attached to an aromatic ring is 1. The van der Waals surface area contributed by atoms with E-state index in [2.05, 4.69) is 20.5 Å². The van der Waals surface area contributed by atoms with Crippen molar-refractivity contribution < 1.29 is 0 Å². The topological polar surface area (TPSA) is 75.5 Å². The molecule has 0 saturated carbocycles. The fourth-order valence-corrected chi connectivity index (χ4v) is 2.66. The Balaban J connectivity index is 0.000000155. The minimum Gasteiger partial charge on any atom is -0.399 e. The van der Waals surface area contributed by atoms with Crippen LogP contribution in [0, 0.1) is 0 Å². The first-order chi connectivity index (χ1) is 17.3. The monoisotopic (exact) mass is 457 g/mol. The number of azo groups is 2. The highest BCUT2D eigenvalue weighted by molar-refractivity contribution is 5.40. The lowest BCUT2D eigenvalue weighted by molar-refractivity contribution is 1.23. The molecule has 0 bridgehead atoms. The zero-order valence-corrected chi connectivity index (χ0v) is 19.3. The van der Waals surface area contributed by atoms with E-state index >= 15 is 0 Å². The van der Waals surface area contributed by atoms with Gasteiger partial charge < -0.3 is 5.73 Å². The number of hydrogen-bond donors (Lipinski definition) is 1. The first kappa shape index (κ1) is 24.7. The van der Waals surface area contributed by atoms with Gasteiger partial charge in [-0.25, -0.2) is 0 Å². The average Bonchev–Trinajstić information content (AvgIpc) is 2.94. The Bertz CT molecular complexity index is 1090. The summed E-state index contributed by atoms with van der Waals surface area (Å²) in [5.74, 6) is 0. The van der Waals surface area contributed by atoms with E-state index in [4.69, 9.17) is 5.73 Å². The van der Waals surface area contributed by atoms with Crippen LogP contribution >= 0.6 is 0 Å². The smallest absolute Gasteiger partial charge is 0.0857 e. The molecule has 172 valence electrons. The highest BCUT2D eigenvalue weighted by atomic mass is 15.1. The third-order valence-electron chi connectivity index (χ3n) is 4.39. The summed E-state index contributed by atoms with van der Waals surface area (Å²) in [5.41, 5.74) is 9.67. The molecule has 0 aliphatic carbocycles. The van der Waals surface area contributed by atoms with Gasteiger partial charge in [-0.1, -0.05) is 91.0 Å². The molecule has 0 fully saturated rings. The molecule has 0 amide bonds. The molecular weight excluding hydrogens is 430 g/mol. The number of nitrogens with zero attached hydrogens (tertiary/aromatic N) is 4. The third-order valence-corrected chi connectivity index (χ3v) is 4.39. The molecule has 0 aliphatic heterocycles.